The smallest absolute Gasteiger partial charge is 0.232 e. The number of ketones is 1. The van der Waals surface area contributed by atoms with E-state index in [2.05, 4.69) is 11.6 Å². The van der Waals surface area contributed by atoms with Gasteiger partial charge >= 0.3 is 0 Å². The van der Waals surface area contributed by atoms with E-state index in [4.69, 9.17) is 9.47 Å². The topological polar surface area (TPSA) is 51.3 Å². The summed E-state index contributed by atoms with van der Waals surface area (Å²) in [5, 5.41) is 1.03. The first-order valence-electron chi connectivity index (χ1n) is 6.89. The number of nitrogens with one attached hydrogen (secondary N) is 1. The first-order chi connectivity index (χ1) is 10.7. The van der Waals surface area contributed by atoms with Crippen LogP contribution in [0.15, 0.2) is 54.9 Å². The van der Waals surface area contributed by atoms with E-state index in [1.165, 1.54) is 0 Å². The summed E-state index contributed by atoms with van der Waals surface area (Å²) in [5.41, 5.74) is 3.16. The van der Waals surface area contributed by atoms with Crippen LogP contribution in [0.1, 0.15) is 10.4 Å². The van der Waals surface area contributed by atoms with Gasteiger partial charge in [0.1, 0.15) is 11.5 Å². The Morgan fingerprint density at radius 3 is 2.77 bits per heavy atom. The van der Waals surface area contributed by atoms with Crippen molar-refractivity contribution in [2.75, 3.05) is 7.11 Å². The molecule has 1 aromatic heterocycles. The van der Waals surface area contributed by atoms with Crippen molar-refractivity contribution in [1.82, 2.24) is 4.98 Å². The summed E-state index contributed by atoms with van der Waals surface area (Å²) < 4.78 is 10.9. The number of fused-ring (bicyclic) bond motifs is 2. The lowest BCUT2D eigenvalue weighted by Gasteiger charge is -2.11. The number of hydrogen-bond donors (Lipinski definition) is 1. The van der Waals surface area contributed by atoms with Crippen molar-refractivity contribution in [2.24, 2.45) is 0 Å². The van der Waals surface area contributed by atoms with Crippen molar-refractivity contribution in [2.45, 2.75) is 0 Å². The van der Waals surface area contributed by atoms with Gasteiger partial charge in [0.15, 0.2) is 5.76 Å². The number of ether oxygens (including phenoxy) is 2. The maximum absolute atomic E-state index is 12.4. The Bertz CT molecular complexity index is 937. The molecule has 0 atom stereocenters. The molecule has 0 fully saturated rings. The van der Waals surface area contributed by atoms with Crippen molar-refractivity contribution in [3.05, 3.63) is 60.5 Å². The number of methoxy groups -OCH3 is 1. The van der Waals surface area contributed by atoms with E-state index >= 15 is 0 Å². The third-order valence-corrected chi connectivity index (χ3v) is 3.92. The van der Waals surface area contributed by atoms with Crippen LogP contribution in [0.25, 0.3) is 22.0 Å². The second kappa shape index (κ2) is 4.49. The van der Waals surface area contributed by atoms with E-state index in [9.17, 15) is 4.79 Å². The molecule has 2 aromatic carbocycles. The monoisotopic (exact) mass is 291 g/mol. The summed E-state index contributed by atoms with van der Waals surface area (Å²) >= 11 is 0. The highest BCUT2D eigenvalue weighted by Gasteiger charge is 2.32. The third kappa shape index (κ3) is 1.61. The van der Waals surface area contributed by atoms with Crippen LogP contribution in [-0.4, -0.2) is 17.9 Å². The Morgan fingerprint density at radius 1 is 1.14 bits per heavy atom. The van der Waals surface area contributed by atoms with Gasteiger partial charge in [0.05, 0.1) is 12.7 Å². The van der Waals surface area contributed by atoms with E-state index in [0.29, 0.717) is 17.1 Å². The lowest BCUT2D eigenvalue weighted by Crippen LogP contribution is -1.99. The Morgan fingerprint density at radius 2 is 1.95 bits per heavy atom. The predicted octanol–water partition coefficient (Wildman–Crippen LogP) is 3.93. The van der Waals surface area contributed by atoms with Crippen LogP contribution in [0.2, 0.25) is 0 Å². The first kappa shape index (κ1) is 12.7. The highest BCUT2D eigenvalue weighted by Crippen LogP contribution is 2.45. The number of carbonyl (C=O) groups is 1. The molecule has 3 aromatic rings. The number of H-pyrrole nitrogens is 1. The molecular formula is C18H13NO3. The Hall–Kier alpha value is -3.01. The zero-order valence-corrected chi connectivity index (χ0v) is 12.0. The lowest BCUT2D eigenvalue weighted by molar-refractivity contribution is 0.101. The first-order valence-corrected chi connectivity index (χ1v) is 6.89. The normalized spacial score (nSPS) is 13.3. The van der Waals surface area contributed by atoms with Gasteiger partial charge in [-0.15, -0.1) is 0 Å². The Kier molecular flexibility index (Phi) is 2.60. The Labute approximate surface area is 127 Å². The maximum atomic E-state index is 12.4. The van der Waals surface area contributed by atoms with E-state index in [-0.39, 0.29) is 11.5 Å². The number of benzene rings is 2. The summed E-state index contributed by atoms with van der Waals surface area (Å²) in [7, 11) is 1.59. The summed E-state index contributed by atoms with van der Waals surface area (Å²) in [6, 6.07) is 11.5. The molecule has 1 aliphatic rings. The van der Waals surface area contributed by atoms with E-state index in [1.807, 2.05) is 36.5 Å². The highest BCUT2D eigenvalue weighted by atomic mass is 16.5. The minimum Gasteiger partial charge on any atom is -0.496 e. The predicted molar refractivity (Wildman–Crippen MR) is 84.4 cm³/mol. The molecule has 4 rings (SSSR count). The number of hydrogen-bond acceptors (Lipinski definition) is 3. The van der Waals surface area contributed by atoms with Crippen LogP contribution < -0.4 is 9.47 Å². The maximum Gasteiger partial charge on any atom is 0.232 e. The molecule has 0 amide bonds. The van der Waals surface area contributed by atoms with Gasteiger partial charge in [-0.1, -0.05) is 24.8 Å². The molecular weight excluding hydrogens is 278 g/mol. The summed E-state index contributed by atoms with van der Waals surface area (Å²) in [6.45, 7) is 3.67. The van der Waals surface area contributed by atoms with Gasteiger partial charge < -0.3 is 14.5 Å². The number of carbonyl (C=O) groups excluding carboxylic acids is 1. The van der Waals surface area contributed by atoms with E-state index in [1.54, 1.807) is 13.2 Å². The van der Waals surface area contributed by atoms with Gasteiger partial charge in [-0.25, -0.2) is 0 Å². The molecule has 0 saturated carbocycles. The molecule has 1 N–H and O–H groups in total. The molecule has 0 unspecified atom stereocenters. The molecule has 0 bridgehead atoms. The second-order valence-electron chi connectivity index (χ2n) is 5.12. The van der Waals surface area contributed by atoms with Gasteiger partial charge in [-0.05, 0) is 18.2 Å². The zero-order valence-electron chi connectivity index (χ0n) is 12.0. The SMILES string of the molecule is C=C1Oc2ccc(OC)c(-c3c[nH]c4ccccc34)c2C1=O. The number of Topliss-reactive ketones (excluding diaryl/α,β-unsaturated/α-hetero) is 1. The van der Waals surface area contributed by atoms with Crippen LogP contribution in [-0.2, 0) is 0 Å². The van der Waals surface area contributed by atoms with Gasteiger partial charge in [-0.2, -0.15) is 0 Å². The molecule has 2 heterocycles. The fraction of sp³-hybridized carbons (Fsp3) is 0.0556. The number of rotatable bonds is 2. The molecule has 0 saturated heterocycles. The summed E-state index contributed by atoms with van der Waals surface area (Å²) in [6.07, 6.45) is 1.89. The van der Waals surface area contributed by atoms with E-state index in [0.717, 1.165) is 22.0 Å². The van der Waals surface area contributed by atoms with Crippen LogP contribution in [0.5, 0.6) is 11.5 Å². The van der Waals surface area contributed by atoms with Crippen molar-refractivity contribution in [1.29, 1.82) is 0 Å². The fourth-order valence-electron chi connectivity index (χ4n) is 2.91. The van der Waals surface area contributed by atoms with Crippen LogP contribution >= 0.6 is 0 Å². The molecule has 0 radical (unpaired) electrons. The highest BCUT2D eigenvalue weighted by molar-refractivity contribution is 6.18. The minimum atomic E-state index is -0.200. The van der Waals surface area contributed by atoms with Gasteiger partial charge in [0.25, 0.3) is 0 Å². The number of para-hydroxylation sites is 1. The average Bonchev–Trinajstić information content (AvgIpc) is 3.08. The van der Waals surface area contributed by atoms with Crippen molar-refractivity contribution < 1.29 is 14.3 Å². The van der Waals surface area contributed by atoms with Gasteiger partial charge in [0, 0.05) is 28.2 Å². The van der Waals surface area contributed by atoms with E-state index < -0.39 is 0 Å². The van der Waals surface area contributed by atoms with Crippen molar-refractivity contribution in [3.63, 3.8) is 0 Å². The summed E-state index contributed by atoms with van der Waals surface area (Å²) in [4.78, 5) is 15.7. The van der Waals surface area contributed by atoms with Gasteiger partial charge in [-0.3, -0.25) is 4.79 Å². The molecule has 108 valence electrons. The third-order valence-electron chi connectivity index (χ3n) is 3.92. The Balaban J connectivity index is 2.09. The molecule has 22 heavy (non-hydrogen) atoms. The molecule has 1 aliphatic heterocycles. The number of allylic oxidation sites excluding steroid dienone is 1. The molecule has 4 nitrogen and oxygen atoms in total. The van der Waals surface area contributed by atoms with Crippen molar-refractivity contribution in [3.8, 4) is 22.6 Å². The number of aromatic nitrogens is 1. The molecule has 4 heteroatoms. The van der Waals surface area contributed by atoms with Crippen molar-refractivity contribution >= 4 is 16.7 Å². The van der Waals surface area contributed by atoms with Crippen LogP contribution in [0.3, 0.4) is 0 Å². The summed E-state index contributed by atoms with van der Waals surface area (Å²) in [5.74, 6) is 1.10. The quantitative estimate of drug-likeness (QED) is 0.728. The standard InChI is InChI=1S/C18H13NO3/c1-10-18(20)17-15(22-10)8-7-14(21-2)16(17)12-9-19-13-6-4-3-5-11(12)13/h3-9,19H,1H2,2H3. The molecule has 0 spiro atoms. The molecule has 0 aliphatic carbocycles. The lowest BCUT2D eigenvalue weighted by atomic mass is 9.95. The van der Waals surface area contributed by atoms with Crippen LogP contribution in [0.4, 0.5) is 0 Å². The largest absolute Gasteiger partial charge is 0.496 e. The van der Waals surface area contributed by atoms with Gasteiger partial charge in [0.2, 0.25) is 5.78 Å². The average molecular weight is 291 g/mol. The number of aromatic amines is 1. The second-order valence-corrected chi connectivity index (χ2v) is 5.12. The zero-order chi connectivity index (χ0) is 15.3. The fourth-order valence-corrected chi connectivity index (χ4v) is 2.91. The minimum absolute atomic E-state index is 0.143. The van der Waals surface area contributed by atoms with Crippen LogP contribution in [0, 0.1) is 0 Å².